The summed E-state index contributed by atoms with van der Waals surface area (Å²) in [6.45, 7) is 0. The standard InChI is InChI=1S/C20H17Cl2NO2S/c21-18-12-7-13-19(22)17(18)14-26(24,25)23-20(15-8-3-1-4-9-15)16-10-5-2-6-11-16/h1-13,20,23H,14H2. The second-order valence-electron chi connectivity index (χ2n) is 5.83. The van der Waals surface area contributed by atoms with E-state index in [4.69, 9.17) is 23.2 Å². The van der Waals surface area contributed by atoms with Crippen molar-refractivity contribution in [3.8, 4) is 0 Å². The molecule has 0 fully saturated rings. The minimum absolute atomic E-state index is 0.290. The molecule has 0 spiro atoms. The average molecular weight is 406 g/mol. The number of hydrogen-bond donors (Lipinski definition) is 1. The summed E-state index contributed by atoms with van der Waals surface area (Å²) < 4.78 is 28.4. The Hall–Kier alpha value is -1.85. The van der Waals surface area contributed by atoms with E-state index in [2.05, 4.69) is 4.72 Å². The molecule has 26 heavy (non-hydrogen) atoms. The van der Waals surface area contributed by atoms with Gasteiger partial charge in [0.1, 0.15) is 0 Å². The number of halogens is 2. The first kappa shape index (κ1) is 18.9. The quantitative estimate of drug-likeness (QED) is 0.612. The summed E-state index contributed by atoms with van der Waals surface area (Å²) in [6, 6.07) is 23.3. The Morgan fingerprint density at radius 3 is 1.65 bits per heavy atom. The second kappa shape index (κ2) is 8.23. The number of nitrogens with one attached hydrogen (secondary N) is 1. The zero-order chi connectivity index (χ0) is 18.6. The highest BCUT2D eigenvalue weighted by molar-refractivity contribution is 7.88. The van der Waals surface area contributed by atoms with Crippen LogP contribution in [-0.4, -0.2) is 8.42 Å². The molecule has 6 heteroatoms. The van der Waals surface area contributed by atoms with E-state index >= 15 is 0 Å². The number of sulfonamides is 1. The first-order chi connectivity index (χ1) is 12.5. The summed E-state index contributed by atoms with van der Waals surface area (Å²) in [6.07, 6.45) is 0. The molecular formula is C20H17Cl2NO2S. The third-order valence-corrected chi connectivity index (χ3v) is 5.93. The Morgan fingerprint density at radius 2 is 1.19 bits per heavy atom. The average Bonchev–Trinajstić information content (AvgIpc) is 2.64. The molecule has 0 atom stereocenters. The van der Waals surface area contributed by atoms with Crippen molar-refractivity contribution in [1.29, 1.82) is 0 Å². The normalized spacial score (nSPS) is 11.7. The minimum Gasteiger partial charge on any atom is -0.212 e. The predicted molar refractivity (Wildman–Crippen MR) is 107 cm³/mol. The van der Waals surface area contributed by atoms with E-state index in [0.29, 0.717) is 15.6 Å². The van der Waals surface area contributed by atoms with E-state index in [1.165, 1.54) is 0 Å². The summed E-state index contributed by atoms with van der Waals surface area (Å²) in [5, 5.41) is 0.665. The highest BCUT2D eigenvalue weighted by atomic mass is 35.5. The van der Waals surface area contributed by atoms with E-state index < -0.39 is 16.1 Å². The summed E-state index contributed by atoms with van der Waals surface area (Å²) in [7, 11) is -3.69. The number of hydrogen-bond acceptors (Lipinski definition) is 2. The molecular weight excluding hydrogens is 389 g/mol. The van der Waals surface area contributed by atoms with Gasteiger partial charge in [0.05, 0.1) is 11.8 Å². The lowest BCUT2D eigenvalue weighted by atomic mass is 10.00. The van der Waals surface area contributed by atoms with Crippen LogP contribution in [0.2, 0.25) is 10.0 Å². The molecule has 0 saturated heterocycles. The summed E-state index contributed by atoms with van der Waals surface area (Å²) in [5.74, 6) is -0.290. The van der Waals surface area contributed by atoms with Gasteiger partial charge in [0.25, 0.3) is 0 Å². The molecule has 3 nitrogen and oxygen atoms in total. The van der Waals surface area contributed by atoms with Gasteiger partial charge in [0.15, 0.2) is 0 Å². The van der Waals surface area contributed by atoms with Crippen LogP contribution in [0, 0.1) is 0 Å². The lowest BCUT2D eigenvalue weighted by Gasteiger charge is -2.20. The molecule has 0 bridgehead atoms. The summed E-state index contributed by atoms with van der Waals surface area (Å²) in [5.41, 5.74) is 2.10. The molecule has 0 radical (unpaired) electrons. The molecule has 0 amide bonds. The van der Waals surface area contributed by atoms with Crippen molar-refractivity contribution in [2.24, 2.45) is 0 Å². The van der Waals surface area contributed by atoms with Crippen molar-refractivity contribution >= 4 is 33.2 Å². The summed E-state index contributed by atoms with van der Waals surface area (Å²) in [4.78, 5) is 0. The molecule has 0 aliphatic heterocycles. The number of benzene rings is 3. The maximum atomic E-state index is 12.8. The van der Waals surface area contributed by atoms with Gasteiger partial charge in [-0.1, -0.05) is 89.9 Å². The fraction of sp³-hybridized carbons (Fsp3) is 0.100. The largest absolute Gasteiger partial charge is 0.216 e. The van der Waals surface area contributed by atoms with E-state index in [-0.39, 0.29) is 5.75 Å². The van der Waals surface area contributed by atoms with Gasteiger partial charge in [-0.25, -0.2) is 13.1 Å². The number of rotatable bonds is 6. The van der Waals surface area contributed by atoms with Gasteiger partial charge >= 0.3 is 0 Å². The fourth-order valence-corrected chi connectivity index (χ4v) is 4.80. The van der Waals surface area contributed by atoms with Crippen LogP contribution in [0.25, 0.3) is 0 Å². The molecule has 3 rings (SSSR count). The van der Waals surface area contributed by atoms with Crippen LogP contribution in [0.4, 0.5) is 0 Å². The second-order valence-corrected chi connectivity index (χ2v) is 8.40. The van der Waals surface area contributed by atoms with E-state index in [0.717, 1.165) is 11.1 Å². The summed E-state index contributed by atoms with van der Waals surface area (Å²) >= 11 is 12.3. The van der Waals surface area contributed by atoms with E-state index in [9.17, 15) is 8.42 Å². The Kier molecular flexibility index (Phi) is 5.99. The molecule has 0 aromatic heterocycles. The van der Waals surface area contributed by atoms with Gasteiger partial charge in [-0.2, -0.15) is 0 Å². The van der Waals surface area contributed by atoms with Crippen LogP contribution < -0.4 is 4.72 Å². The van der Waals surface area contributed by atoms with E-state index in [1.807, 2.05) is 60.7 Å². The molecule has 0 aliphatic rings. The van der Waals surface area contributed by atoms with Gasteiger partial charge in [0, 0.05) is 15.6 Å². The van der Waals surface area contributed by atoms with Crippen LogP contribution in [-0.2, 0) is 15.8 Å². The Morgan fingerprint density at radius 1 is 0.731 bits per heavy atom. The minimum atomic E-state index is -3.69. The van der Waals surface area contributed by atoms with Gasteiger partial charge in [-0.3, -0.25) is 0 Å². The van der Waals surface area contributed by atoms with Crippen molar-refractivity contribution in [2.75, 3.05) is 0 Å². The van der Waals surface area contributed by atoms with Crippen molar-refractivity contribution in [1.82, 2.24) is 4.72 Å². The SMILES string of the molecule is O=S(=O)(Cc1c(Cl)cccc1Cl)NC(c1ccccc1)c1ccccc1. The first-order valence-corrected chi connectivity index (χ1v) is 10.4. The molecule has 0 saturated carbocycles. The maximum Gasteiger partial charge on any atom is 0.216 e. The molecule has 134 valence electrons. The molecule has 3 aromatic carbocycles. The van der Waals surface area contributed by atoms with Gasteiger partial charge in [-0.15, -0.1) is 0 Å². The van der Waals surface area contributed by atoms with Crippen LogP contribution in [0.5, 0.6) is 0 Å². The maximum absolute atomic E-state index is 12.8. The van der Waals surface area contributed by atoms with Crippen molar-refractivity contribution in [2.45, 2.75) is 11.8 Å². The van der Waals surface area contributed by atoms with E-state index in [1.54, 1.807) is 18.2 Å². The monoisotopic (exact) mass is 405 g/mol. The Labute approximate surface area is 163 Å². The first-order valence-electron chi connectivity index (χ1n) is 7.99. The van der Waals surface area contributed by atoms with Crippen LogP contribution in [0.15, 0.2) is 78.9 Å². The van der Waals surface area contributed by atoms with Crippen molar-refractivity contribution in [3.05, 3.63) is 106 Å². The molecule has 3 aromatic rings. The highest BCUT2D eigenvalue weighted by Gasteiger charge is 2.23. The Bertz CT molecular complexity index is 917. The van der Waals surface area contributed by atoms with Crippen LogP contribution in [0.3, 0.4) is 0 Å². The molecule has 1 N–H and O–H groups in total. The van der Waals surface area contributed by atoms with Crippen LogP contribution >= 0.6 is 23.2 Å². The predicted octanol–water partition coefficient (Wildman–Crippen LogP) is 5.20. The van der Waals surface area contributed by atoms with Gasteiger partial charge in [-0.05, 0) is 23.3 Å². The smallest absolute Gasteiger partial charge is 0.212 e. The topological polar surface area (TPSA) is 46.2 Å². The third kappa shape index (κ3) is 4.65. The highest BCUT2D eigenvalue weighted by Crippen LogP contribution is 2.28. The van der Waals surface area contributed by atoms with Crippen LogP contribution in [0.1, 0.15) is 22.7 Å². The van der Waals surface area contributed by atoms with Crippen molar-refractivity contribution < 1.29 is 8.42 Å². The third-order valence-electron chi connectivity index (χ3n) is 3.96. The lowest BCUT2D eigenvalue weighted by molar-refractivity contribution is 0.571. The molecule has 0 aliphatic carbocycles. The van der Waals surface area contributed by atoms with Crippen molar-refractivity contribution in [3.63, 3.8) is 0 Å². The zero-order valence-electron chi connectivity index (χ0n) is 13.8. The fourth-order valence-electron chi connectivity index (χ4n) is 2.70. The van der Waals surface area contributed by atoms with Gasteiger partial charge in [0.2, 0.25) is 10.0 Å². The zero-order valence-corrected chi connectivity index (χ0v) is 16.1. The molecule has 0 unspecified atom stereocenters. The Balaban J connectivity index is 1.94. The van der Waals surface area contributed by atoms with Gasteiger partial charge < -0.3 is 0 Å². The lowest BCUT2D eigenvalue weighted by Crippen LogP contribution is -2.30. The molecule has 0 heterocycles.